The lowest BCUT2D eigenvalue weighted by Gasteiger charge is -2.35. The van der Waals surface area contributed by atoms with Gasteiger partial charge in [0.1, 0.15) is 0 Å². The minimum Gasteiger partial charge on any atom is -0.422 e. The van der Waals surface area contributed by atoms with Crippen molar-refractivity contribution in [1.82, 2.24) is 0 Å². The molecule has 0 unspecified atom stereocenters. The average Bonchev–Trinajstić information content (AvgIpc) is 2.30. The van der Waals surface area contributed by atoms with Crippen LogP contribution < -0.4 is 0 Å². The SMILES string of the molecule is O=C(CCS)OC1(OC(=O)CCS)CCCCC1. The molecule has 0 aromatic rings. The standard InChI is InChI=1S/C12H20O4S2/c13-10(4-8-17)15-12(6-2-1-3-7-12)16-11(14)5-9-18/h17-18H,1-9H2. The second-order valence-electron chi connectivity index (χ2n) is 4.37. The van der Waals surface area contributed by atoms with Gasteiger partial charge >= 0.3 is 11.9 Å². The van der Waals surface area contributed by atoms with Crippen LogP contribution in [-0.4, -0.2) is 29.2 Å². The predicted molar refractivity (Wildman–Crippen MR) is 74.9 cm³/mol. The first-order chi connectivity index (χ1) is 8.62. The van der Waals surface area contributed by atoms with Gasteiger partial charge in [0.2, 0.25) is 0 Å². The molecule has 0 atom stereocenters. The molecular weight excluding hydrogens is 272 g/mol. The molecule has 18 heavy (non-hydrogen) atoms. The highest BCUT2D eigenvalue weighted by atomic mass is 32.1. The van der Waals surface area contributed by atoms with E-state index in [1.54, 1.807) is 0 Å². The van der Waals surface area contributed by atoms with Crippen molar-refractivity contribution in [2.45, 2.75) is 50.7 Å². The molecule has 1 aliphatic carbocycles. The van der Waals surface area contributed by atoms with Crippen LogP contribution in [0.3, 0.4) is 0 Å². The van der Waals surface area contributed by atoms with Crippen molar-refractivity contribution in [2.75, 3.05) is 11.5 Å². The van der Waals surface area contributed by atoms with Crippen molar-refractivity contribution in [3.63, 3.8) is 0 Å². The number of esters is 2. The molecule has 0 bridgehead atoms. The van der Waals surface area contributed by atoms with E-state index in [4.69, 9.17) is 9.47 Å². The molecule has 0 heterocycles. The van der Waals surface area contributed by atoms with Gasteiger partial charge in [0, 0.05) is 24.3 Å². The van der Waals surface area contributed by atoms with Crippen LogP contribution in [0.25, 0.3) is 0 Å². The van der Waals surface area contributed by atoms with Gasteiger partial charge in [0.15, 0.2) is 0 Å². The molecule has 0 radical (unpaired) electrons. The van der Waals surface area contributed by atoms with E-state index in [-0.39, 0.29) is 24.8 Å². The summed E-state index contributed by atoms with van der Waals surface area (Å²) in [5.41, 5.74) is 0. The first-order valence-electron chi connectivity index (χ1n) is 6.27. The maximum Gasteiger partial charge on any atom is 0.309 e. The van der Waals surface area contributed by atoms with Crippen LogP contribution in [0.4, 0.5) is 0 Å². The van der Waals surface area contributed by atoms with Crippen LogP contribution in [0.15, 0.2) is 0 Å². The number of hydrogen-bond donors (Lipinski definition) is 2. The molecule has 0 aliphatic heterocycles. The van der Waals surface area contributed by atoms with Gasteiger partial charge in [-0.25, -0.2) is 0 Å². The fraction of sp³-hybridized carbons (Fsp3) is 0.833. The second-order valence-corrected chi connectivity index (χ2v) is 5.26. The Hall–Kier alpha value is -0.360. The van der Waals surface area contributed by atoms with E-state index in [9.17, 15) is 9.59 Å². The minimum atomic E-state index is -1.04. The van der Waals surface area contributed by atoms with E-state index < -0.39 is 5.79 Å². The van der Waals surface area contributed by atoms with E-state index in [1.165, 1.54) is 0 Å². The van der Waals surface area contributed by atoms with Crippen molar-refractivity contribution < 1.29 is 19.1 Å². The third-order valence-electron chi connectivity index (χ3n) is 2.85. The molecule has 1 rings (SSSR count). The zero-order valence-electron chi connectivity index (χ0n) is 10.4. The van der Waals surface area contributed by atoms with Crippen LogP contribution in [0.5, 0.6) is 0 Å². The minimum absolute atomic E-state index is 0.231. The second kappa shape index (κ2) is 7.94. The largest absolute Gasteiger partial charge is 0.422 e. The quantitative estimate of drug-likeness (QED) is 0.448. The Bertz CT molecular complexity index is 266. The van der Waals surface area contributed by atoms with Crippen LogP contribution in [0.1, 0.15) is 44.9 Å². The van der Waals surface area contributed by atoms with Gasteiger partial charge in [-0.1, -0.05) is 6.42 Å². The molecule has 1 saturated carbocycles. The maximum atomic E-state index is 11.6. The summed E-state index contributed by atoms with van der Waals surface area (Å²) in [5, 5.41) is 0. The van der Waals surface area contributed by atoms with Gasteiger partial charge in [-0.3, -0.25) is 9.59 Å². The normalized spacial score (nSPS) is 18.1. The molecule has 4 nitrogen and oxygen atoms in total. The molecule has 1 aliphatic rings. The van der Waals surface area contributed by atoms with Crippen molar-refractivity contribution in [3.8, 4) is 0 Å². The van der Waals surface area contributed by atoms with Crippen molar-refractivity contribution in [1.29, 1.82) is 0 Å². The number of hydrogen-bond acceptors (Lipinski definition) is 6. The zero-order chi connectivity index (χ0) is 13.4. The Kier molecular flexibility index (Phi) is 6.92. The molecule has 0 amide bonds. The summed E-state index contributed by atoms with van der Waals surface area (Å²) < 4.78 is 10.8. The predicted octanol–water partition coefficient (Wildman–Crippen LogP) is 2.37. The Morgan fingerprint density at radius 2 is 1.33 bits per heavy atom. The highest BCUT2D eigenvalue weighted by Gasteiger charge is 2.39. The smallest absolute Gasteiger partial charge is 0.309 e. The third-order valence-corrected chi connectivity index (χ3v) is 3.29. The maximum absolute atomic E-state index is 11.6. The van der Waals surface area contributed by atoms with Crippen LogP contribution >= 0.6 is 25.3 Å². The summed E-state index contributed by atoms with van der Waals surface area (Å²) >= 11 is 7.98. The van der Waals surface area contributed by atoms with Gasteiger partial charge in [0.25, 0.3) is 5.79 Å². The lowest BCUT2D eigenvalue weighted by molar-refractivity contribution is -0.238. The van der Waals surface area contributed by atoms with E-state index >= 15 is 0 Å². The fourth-order valence-corrected chi connectivity index (χ4v) is 2.38. The lowest BCUT2D eigenvalue weighted by atomic mass is 9.94. The van der Waals surface area contributed by atoms with Gasteiger partial charge in [0.05, 0.1) is 12.8 Å². The van der Waals surface area contributed by atoms with Crippen molar-refractivity contribution in [2.24, 2.45) is 0 Å². The topological polar surface area (TPSA) is 52.6 Å². The van der Waals surface area contributed by atoms with Crippen LogP contribution in [0.2, 0.25) is 0 Å². The average molecular weight is 292 g/mol. The van der Waals surface area contributed by atoms with E-state index in [0.29, 0.717) is 24.3 Å². The van der Waals surface area contributed by atoms with Crippen molar-refractivity contribution >= 4 is 37.2 Å². The first-order valence-corrected chi connectivity index (χ1v) is 7.54. The van der Waals surface area contributed by atoms with Crippen molar-refractivity contribution in [3.05, 3.63) is 0 Å². The van der Waals surface area contributed by atoms with Gasteiger partial charge < -0.3 is 9.47 Å². The number of rotatable bonds is 6. The molecule has 0 spiro atoms. The first kappa shape index (κ1) is 15.7. The van der Waals surface area contributed by atoms with E-state index in [0.717, 1.165) is 19.3 Å². The Morgan fingerprint density at radius 1 is 0.889 bits per heavy atom. The third kappa shape index (κ3) is 5.10. The molecule has 0 aromatic heterocycles. The summed E-state index contributed by atoms with van der Waals surface area (Å²) in [7, 11) is 0. The van der Waals surface area contributed by atoms with Crippen LogP contribution in [0, 0.1) is 0 Å². The zero-order valence-corrected chi connectivity index (χ0v) is 12.2. The number of carbonyl (C=O) groups excluding carboxylic acids is 2. The van der Waals surface area contributed by atoms with E-state index in [1.807, 2.05) is 0 Å². The van der Waals surface area contributed by atoms with Gasteiger partial charge in [-0.05, 0) is 12.8 Å². The number of carbonyl (C=O) groups is 2. The Balaban J connectivity index is 2.62. The van der Waals surface area contributed by atoms with E-state index in [2.05, 4.69) is 25.3 Å². The molecular formula is C12H20O4S2. The molecule has 1 fully saturated rings. The number of thiol groups is 2. The highest BCUT2D eigenvalue weighted by Crippen LogP contribution is 2.33. The fourth-order valence-electron chi connectivity index (χ4n) is 2.01. The summed E-state index contributed by atoms with van der Waals surface area (Å²) in [6, 6.07) is 0. The molecule has 0 aromatic carbocycles. The molecule has 104 valence electrons. The Morgan fingerprint density at radius 3 is 1.72 bits per heavy atom. The molecule has 6 heteroatoms. The molecule has 0 saturated heterocycles. The monoisotopic (exact) mass is 292 g/mol. The summed E-state index contributed by atoms with van der Waals surface area (Å²) in [6.45, 7) is 0. The lowest BCUT2D eigenvalue weighted by Crippen LogP contribution is -2.42. The van der Waals surface area contributed by atoms with Gasteiger partial charge in [-0.2, -0.15) is 25.3 Å². The highest BCUT2D eigenvalue weighted by molar-refractivity contribution is 7.80. The Labute approximate surface area is 119 Å². The molecule has 0 N–H and O–H groups in total. The summed E-state index contributed by atoms with van der Waals surface area (Å²) in [4.78, 5) is 23.2. The van der Waals surface area contributed by atoms with Crippen LogP contribution in [-0.2, 0) is 19.1 Å². The summed E-state index contributed by atoms with van der Waals surface area (Å²) in [6.07, 6.45) is 4.53. The number of ether oxygens (including phenoxy) is 2. The summed E-state index contributed by atoms with van der Waals surface area (Å²) in [5.74, 6) is -0.895. The van der Waals surface area contributed by atoms with Gasteiger partial charge in [-0.15, -0.1) is 0 Å².